The van der Waals surface area contributed by atoms with Crippen LogP contribution in [0, 0.1) is 5.41 Å². The van der Waals surface area contributed by atoms with Gasteiger partial charge >= 0.3 is 0 Å². The predicted molar refractivity (Wildman–Crippen MR) is 123 cm³/mol. The molecule has 152 valence electrons. The number of rotatable bonds is 3. The number of nitrogens with zero attached hydrogens (tertiary/aromatic N) is 1. The number of hydrogen-bond donors (Lipinski definition) is 2. The first-order chi connectivity index (χ1) is 14.3. The molecule has 0 spiro atoms. The van der Waals surface area contributed by atoms with Crippen molar-refractivity contribution in [1.82, 2.24) is 0 Å². The van der Waals surface area contributed by atoms with E-state index in [4.69, 9.17) is 10.7 Å². The molecule has 0 unspecified atom stereocenters. The fraction of sp³-hybridized carbons (Fsp3) is 0.231. The van der Waals surface area contributed by atoms with Crippen LogP contribution in [-0.2, 0) is 11.2 Å². The Morgan fingerprint density at radius 2 is 1.70 bits per heavy atom. The van der Waals surface area contributed by atoms with Crippen molar-refractivity contribution in [3.63, 3.8) is 0 Å². The van der Waals surface area contributed by atoms with Gasteiger partial charge in [0.15, 0.2) is 5.78 Å². The van der Waals surface area contributed by atoms with Gasteiger partial charge in [-0.3, -0.25) is 9.79 Å². The van der Waals surface area contributed by atoms with E-state index >= 15 is 0 Å². The summed E-state index contributed by atoms with van der Waals surface area (Å²) < 4.78 is 0. The molecular weight excluding hydrogens is 372 g/mol. The quantitative estimate of drug-likeness (QED) is 0.326. The highest BCUT2D eigenvalue weighted by atomic mass is 16.3. The number of aliphatic hydroxyl groups excluding tert-OH is 1. The molecule has 0 heterocycles. The lowest BCUT2D eigenvalue weighted by atomic mass is 9.73. The zero-order valence-electron chi connectivity index (χ0n) is 17.4. The highest BCUT2D eigenvalue weighted by Gasteiger charge is 2.36. The topological polar surface area (TPSA) is 75.7 Å². The molecule has 0 radical (unpaired) electrons. The maximum atomic E-state index is 13.0. The van der Waals surface area contributed by atoms with Gasteiger partial charge in [-0.1, -0.05) is 56.3 Å². The molecule has 0 aliphatic heterocycles. The Labute approximate surface area is 176 Å². The van der Waals surface area contributed by atoms with E-state index in [-0.39, 0.29) is 17.0 Å². The number of ketones is 1. The molecule has 4 rings (SSSR count). The largest absolute Gasteiger partial charge is 0.511 e. The Morgan fingerprint density at radius 3 is 2.47 bits per heavy atom. The first-order valence-corrected chi connectivity index (χ1v) is 10.2. The number of nitrogens with two attached hydrogens (primary N) is 1. The summed E-state index contributed by atoms with van der Waals surface area (Å²) in [6.45, 7) is 4.11. The molecule has 1 fully saturated rings. The number of aliphatic hydroxyl groups is 1. The van der Waals surface area contributed by atoms with Gasteiger partial charge in [-0.05, 0) is 52.4 Å². The van der Waals surface area contributed by atoms with Crippen LogP contribution in [0.25, 0.3) is 10.8 Å². The Bertz CT molecular complexity index is 1170. The standard InChI is InChI=1S/C26H26N2O2/c1-26(2)15-22(28-20-12-10-19(27)11-13-20)25(24(30)16-26)23(29)14-18-8-5-7-17-6-3-4-9-21(17)18/h3-13,29H,14-16,27H2,1-2H3/b25-23+,28-22?. The van der Waals surface area contributed by atoms with Gasteiger partial charge in [-0.25, -0.2) is 0 Å². The number of benzene rings is 3. The summed E-state index contributed by atoms with van der Waals surface area (Å²) in [5.74, 6) is 0.0271. The van der Waals surface area contributed by atoms with Crippen molar-refractivity contribution >= 4 is 33.6 Å². The van der Waals surface area contributed by atoms with Crippen LogP contribution in [0.1, 0.15) is 32.3 Å². The highest BCUT2D eigenvalue weighted by Crippen LogP contribution is 2.37. The molecular formula is C26H26N2O2. The Morgan fingerprint density at radius 1 is 1.00 bits per heavy atom. The molecule has 30 heavy (non-hydrogen) atoms. The van der Waals surface area contributed by atoms with Gasteiger partial charge in [-0.15, -0.1) is 0 Å². The molecule has 3 N–H and O–H groups in total. The van der Waals surface area contributed by atoms with Crippen LogP contribution in [0.4, 0.5) is 11.4 Å². The summed E-state index contributed by atoms with van der Waals surface area (Å²) in [5.41, 5.74) is 8.95. The predicted octanol–water partition coefficient (Wildman–Crippen LogP) is 5.94. The zero-order valence-corrected chi connectivity index (χ0v) is 17.4. The minimum atomic E-state index is -0.201. The normalized spacial score (nSPS) is 19.3. The van der Waals surface area contributed by atoms with Crippen LogP contribution in [-0.4, -0.2) is 16.6 Å². The van der Waals surface area contributed by atoms with Crippen LogP contribution in [0.15, 0.2) is 83.1 Å². The third kappa shape index (κ3) is 4.13. The molecule has 0 atom stereocenters. The van der Waals surface area contributed by atoms with Gasteiger partial charge in [0.25, 0.3) is 0 Å². The van der Waals surface area contributed by atoms with E-state index in [0.29, 0.717) is 36.2 Å². The number of hydrogen-bond acceptors (Lipinski definition) is 4. The molecule has 0 saturated heterocycles. The van der Waals surface area contributed by atoms with Gasteiger partial charge < -0.3 is 10.8 Å². The second-order valence-corrected chi connectivity index (χ2v) is 8.73. The van der Waals surface area contributed by atoms with E-state index in [1.807, 2.05) is 54.6 Å². The molecule has 1 aliphatic rings. The number of anilines is 1. The van der Waals surface area contributed by atoms with E-state index in [9.17, 15) is 9.90 Å². The maximum absolute atomic E-state index is 13.0. The smallest absolute Gasteiger partial charge is 0.168 e. The summed E-state index contributed by atoms with van der Waals surface area (Å²) in [5, 5.41) is 13.3. The first-order valence-electron chi connectivity index (χ1n) is 10.2. The minimum absolute atomic E-state index is 0.0572. The number of carbonyl (C=O) groups is 1. The van der Waals surface area contributed by atoms with Crippen molar-refractivity contribution in [2.24, 2.45) is 10.4 Å². The van der Waals surface area contributed by atoms with E-state index in [0.717, 1.165) is 22.0 Å². The third-order valence-corrected chi connectivity index (χ3v) is 5.54. The number of aliphatic imine (C=N–C) groups is 1. The Kier molecular flexibility index (Phi) is 5.17. The van der Waals surface area contributed by atoms with E-state index in [2.05, 4.69) is 13.8 Å². The summed E-state index contributed by atoms with van der Waals surface area (Å²) in [6.07, 6.45) is 1.31. The summed E-state index contributed by atoms with van der Waals surface area (Å²) >= 11 is 0. The lowest BCUT2D eigenvalue weighted by Crippen LogP contribution is -2.32. The van der Waals surface area contributed by atoms with Crippen molar-refractivity contribution in [3.05, 3.63) is 83.6 Å². The molecule has 0 amide bonds. The van der Waals surface area contributed by atoms with Crippen LogP contribution < -0.4 is 5.73 Å². The average molecular weight is 399 g/mol. The van der Waals surface area contributed by atoms with Gasteiger partial charge in [0.2, 0.25) is 0 Å². The molecule has 1 saturated carbocycles. The van der Waals surface area contributed by atoms with Gasteiger partial charge in [0, 0.05) is 18.5 Å². The third-order valence-electron chi connectivity index (χ3n) is 5.54. The van der Waals surface area contributed by atoms with E-state index in [1.54, 1.807) is 12.1 Å². The first kappa shape index (κ1) is 19.9. The van der Waals surface area contributed by atoms with Crippen molar-refractivity contribution in [1.29, 1.82) is 0 Å². The Balaban J connectivity index is 1.78. The Hall–Kier alpha value is -3.40. The number of carbonyl (C=O) groups excluding carboxylic acids is 1. The van der Waals surface area contributed by atoms with Crippen LogP contribution in [0.5, 0.6) is 0 Å². The zero-order chi connectivity index (χ0) is 21.3. The van der Waals surface area contributed by atoms with Crippen LogP contribution in [0.2, 0.25) is 0 Å². The number of Topliss-reactive ketones (excluding diaryl/α,β-unsaturated/α-hetero) is 1. The second kappa shape index (κ2) is 7.79. The van der Waals surface area contributed by atoms with Crippen LogP contribution >= 0.6 is 0 Å². The SMILES string of the molecule is CC1(C)CC(=O)/C(=C(/O)Cc2cccc3ccccc23)C(=Nc2ccc(N)cc2)C1. The minimum Gasteiger partial charge on any atom is -0.511 e. The maximum Gasteiger partial charge on any atom is 0.168 e. The van der Waals surface area contributed by atoms with Gasteiger partial charge in [-0.2, -0.15) is 0 Å². The van der Waals surface area contributed by atoms with Crippen molar-refractivity contribution in [3.8, 4) is 0 Å². The fourth-order valence-electron chi connectivity index (χ4n) is 4.13. The molecule has 3 aromatic carbocycles. The molecule has 4 nitrogen and oxygen atoms in total. The summed E-state index contributed by atoms with van der Waals surface area (Å²) in [6, 6.07) is 21.3. The van der Waals surface area contributed by atoms with Gasteiger partial charge in [0.05, 0.1) is 17.0 Å². The van der Waals surface area contributed by atoms with E-state index < -0.39 is 0 Å². The van der Waals surface area contributed by atoms with Crippen LogP contribution in [0.3, 0.4) is 0 Å². The van der Waals surface area contributed by atoms with Crippen molar-refractivity contribution in [2.45, 2.75) is 33.1 Å². The molecule has 0 bridgehead atoms. The molecule has 4 heteroatoms. The van der Waals surface area contributed by atoms with E-state index in [1.165, 1.54) is 0 Å². The highest BCUT2D eigenvalue weighted by molar-refractivity contribution is 6.25. The lowest BCUT2D eigenvalue weighted by Gasteiger charge is -2.31. The summed E-state index contributed by atoms with van der Waals surface area (Å²) in [4.78, 5) is 17.8. The average Bonchev–Trinajstić information content (AvgIpc) is 2.69. The van der Waals surface area contributed by atoms with Crippen molar-refractivity contribution in [2.75, 3.05) is 5.73 Å². The molecule has 1 aliphatic carbocycles. The number of fused-ring (bicyclic) bond motifs is 1. The fourth-order valence-corrected chi connectivity index (χ4v) is 4.13. The summed E-state index contributed by atoms with van der Waals surface area (Å²) in [7, 11) is 0. The van der Waals surface area contributed by atoms with Gasteiger partial charge in [0.1, 0.15) is 5.76 Å². The van der Waals surface area contributed by atoms with Crippen molar-refractivity contribution < 1.29 is 9.90 Å². The molecule has 3 aromatic rings. The lowest BCUT2D eigenvalue weighted by molar-refractivity contribution is -0.117. The number of allylic oxidation sites excluding steroid dienone is 2. The molecule has 0 aromatic heterocycles. The monoisotopic (exact) mass is 398 g/mol. The number of nitrogen functional groups attached to an aromatic ring is 1. The second-order valence-electron chi connectivity index (χ2n) is 8.73.